The highest BCUT2D eigenvalue weighted by molar-refractivity contribution is 6.10. The number of amides is 2. The van der Waals surface area contributed by atoms with Gasteiger partial charge in [-0.25, -0.2) is 0 Å². The Morgan fingerprint density at radius 3 is 1.61 bits per heavy atom. The van der Waals surface area contributed by atoms with Gasteiger partial charge in [-0.05, 0) is 90.1 Å². The third-order valence-corrected chi connectivity index (χ3v) is 10.4. The molecule has 12 heteroatoms. The predicted octanol–water partition coefficient (Wildman–Crippen LogP) is 4.91. The van der Waals surface area contributed by atoms with E-state index in [1.165, 1.54) is 19.3 Å². The van der Waals surface area contributed by atoms with Gasteiger partial charge in [-0.15, -0.1) is 0 Å². The maximum absolute atomic E-state index is 13.0. The Hall–Kier alpha value is -4.87. The molecule has 3 aromatic carbocycles. The van der Waals surface area contributed by atoms with Gasteiger partial charge >= 0.3 is 0 Å². The SMILES string of the molecule is [N-]=[N+]=NCCN1CCN(CCNC(=O)c2ccc3c(c2)CC(c2ccc(C4=Nc5ccc(C(=O)NCCN6CCCCC6)cc5C4)cc2)=N3)CC1. The average Bonchev–Trinajstić information content (AvgIpc) is 3.80. The number of rotatable bonds is 13. The van der Waals surface area contributed by atoms with Crippen molar-refractivity contribution in [3.63, 3.8) is 0 Å². The van der Waals surface area contributed by atoms with E-state index in [4.69, 9.17) is 15.5 Å². The lowest BCUT2D eigenvalue weighted by Crippen LogP contribution is -2.48. The summed E-state index contributed by atoms with van der Waals surface area (Å²) in [5.41, 5.74) is 17.9. The van der Waals surface area contributed by atoms with Gasteiger partial charge in [-0.3, -0.25) is 24.5 Å². The first kappa shape index (κ1) is 34.6. The van der Waals surface area contributed by atoms with Crippen molar-refractivity contribution >= 4 is 34.6 Å². The van der Waals surface area contributed by atoms with Crippen LogP contribution in [-0.4, -0.2) is 116 Å². The number of azide groups is 1. The Labute approximate surface area is 299 Å². The minimum absolute atomic E-state index is 0.0268. The van der Waals surface area contributed by atoms with E-state index in [-0.39, 0.29) is 11.8 Å². The van der Waals surface area contributed by atoms with Gasteiger partial charge in [0.15, 0.2) is 0 Å². The highest BCUT2D eigenvalue weighted by Gasteiger charge is 2.22. The van der Waals surface area contributed by atoms with E-state index in [0.29, 0.717) is 43.6 Å². The van der Waals surface area contributed by atoms with Gasteiger partial charge < -0.3 is 20.4 Å². The second-order valence-electron chi connectivity index (χ2n) is 13.8. The predicted molar refractivity (Wildman–Crippen MR) is 201 cm³/mol. The van der Waals surface area contributed by atoms with Crippen molar-refractivity contribution < 1.29 is 9.59 Å². The summed E-state index contributed by atoms with van der Waals surface area (Å²) in [6.45, 7) is 10.3. The van der Waals surface area contributed by atoms with Crippen LogP contribution in [0.3, 0.4) is 0 Å². The molecular formula is C39H46N10O2. The average molecular weight is 687 g/mol. The molecule has 0 atom stereocenters. The Morgan fingerprint density at radius 1 is 0.647 bits per heavy atom. The summed E-state index contributed by atoms with van der Waals surface area (Å²) in [6, 6.07) is 20.0. The molecule has 0 bridgehead atoms. The van der Waals surface area contributed by atoms with Crippen molar-refractivity contribution in [2.75, 3.05) is 78.5 Å². The second kappa shape index (κ2) is 16.4. The van der Waals surface area contributed by atoms with E-state index >= 15 is 0 Å². The van der Waals surface area contributed by atoms with Crippen LogP contribution in [0, 0.1) is 0 Å². The third-order valence-electron chi connectivity index (χ3n) is 10.4. The number of benzene rings is 3. The minimum Gasteiger partial charge on any atom is -0.351 e. The Morgan fingerprint density at radius 2 is 1.12 bits per heavy atom. The van der Waals surface area contributed by atoms with Crippen LogP contribution in [0.1, 0.15) is 62.2 Å². The number of likely N-dealkylation sites (tertiary alicyclic amines) is 1. The number of nitrogens with one attached hydrogen (secondary N) is 2. The molecular weight excluding hydrogens is 640 g/mol. The molecule has 7 rings (SSSR count). The molecule has 2 amide bonds. The Kier molecular flexibility index (Phi) is 11.1. The number of piperidine rings is 1. The first-order valence-corrected chi connectivity index (χ1v) is 18.3. The van der Waals surface area contributed by atoms with Gasteiger partial charge in [0.25, 0.3) is 11.8 Å². The van der Waals surface area contributed by atoms with Crippen LogP contribution in [0.5, 0.6) is 0 Å². The summed E-state index contributed by atoms with van der Waals surface area (Å²) in [5, 5.41) is 9.80. The molecule has 4 aliphatic heterocycles. The summed E-state index contributed by atoms with van der Waals surface area (Å²) in [6.07, 6.45) is 5.18. The number of piperazine rings is 1. The maximum Gasteiger partial charge on any atom is 0.251 e. The van der Waals surface area contributed by atoms with Crippen LogP contribution in [0.25, 0.3) is 10.4 Å². The molecule has 51 heavy (non-hydrogen) atoms. The summed E-state index contributed by atoms with van der Waals surface area (Å²) in [5.74, 6) is -0.0939. The number of hydrogen-bond acceptors (Lipinski definition) is 8. The second-order valence-corrected chi connectivity index (χ2v) is 13.8. The van der Waals surface area contributed by atoms with E-state index in [9.17, 15) is 9.59 Å². The van der Waals surface area contributed by atoms with E-state index in [1.54, 1.807) is 0 Å². The van der Waals surface area contributed by atoms with Crippen molar-refractivity contribution in [2.45, 2.75) is 32.1 Å². The normalized spacial score (nSPS) is 17.6. The highest BCUT2D eigenvalue weighted by Crippen LogP contribution is 2.32. The summed E-state index contributed by atoms with van der Waals surface area (Å²) in [7, 11) is 0. The standard InChI is InChI=1S/C39H46N10O2/c40-46-43-14-19-49-22-20-48(21-23-49)18-13-42-39(51)31-9-11-35-33(25-31)27-37(45-35)29-6-4-28(5-7-29)36-26-32-24-30(8-10-34(32)44-36)38(50)41-12-17-47-15-2-1-3-16-47/h4-11,24-25H,1-3,12-23,26-27H2,(H,41,50)(H,42,51). The maximum atomic E-state index is 13.0. The van der Waals surface area contributed by atoms with Gasteiger partial charge in [0.1, 0.15) is 0 Å². The molecule has 0 radical (unpaired) electrons. The lowest BCUT2D eigenvalue weighted by Gasteiger charge is -2.34. The summed E-state index contributed by atoms with van der Waals surface area (Å²) < 4.78 is 0. The fourth-order valence-corrected chi connectivity index (χ4v) is 7.38. The van der Waals surface area contributed by atoms with Crippen LogP contribution in [-0.2, 0) is 12.8 Å². The highest BCUT2D eigenvalue weighted by atomic mass is 16.2. The van der Waals surface area contributed by atoms with Gasteiger partial charge in [0, 0.05) is 94.3 Å². The van der Waals surface area contributed by atoms with Gasteiger partial charge in [0.2, 0.25) is 0 Å². The molecule has 12 nitrogen and oxygen atoms in total. The number of fused-ring (bicyclic) bond motifs is 2. The van der Waals surface area contributed by atoms with Gasteiger partial charge in [0.05, 0.1) is 22.8 Å². The van der Waals surface area contributed by atoms with Crippen molar-refractivity contribution in [2.24, 2.45) is 15.1 Å². The first-order valence-electron chi connectivity index (χ1n) is 18.3. The zero-order valence-corrected chi connectivity index (χ0v) is 29.2. The molecule has 2 saturated heterocycles. The lowest BCUT2D eigenvalue weighted by atomic mass is 9.98. The van der Waals surface area contributed by atoms with Crippen LogP contribution in [0.15, 0.2) is 75.8 Å². The number of carbonyl (C=O) groups excluding carboxylic acids is 2. The third kappa shape index (κ3) is 8.72. The molecule has 0 spiro atoms. The van der Waals surface area contributed by atoms with Crippen LogP contribution >= 0.6 is 0 Å². The largest absolute Gasteiger partial charge is 0.351 e. The Bertz CT molecular complexity index is 1850. The molecule has 3 aromatic rings. The smallest absolute Gasteiger partial charge is 0.251 e. The zero-order chi connectivity index (χ0) is 35.0. The topological polar surface area (TPSA) is 141 Å². The number of hydrogen-bond donors (Lipinski definition) is 2. The van der Waals surface area contributed by atoms with Crippen molar-refractivity contribution in [3.8, 4) is 0 Å². The Balaban J connectivity index is 0.869. The number of nitrogens with zero attached hydrogens (tertiary/aromatic N) is 8. The van der Waals surface area contributed by atoms with Crippen LogP contribution < -0.4 is 10.6 Å². The summed E-state index contributed by atoms with van der Waals surface area (Å²) in [4.78, 5) is 45.5. The molecule has 264 valence electrons. The van der Waals surface area contributed by atoms with Crippen LogP contribution in [0.2, 0.25) is 0 Å². The molecule has 4 heterocycles. The van der Waals surface area contributed by atoms with Crippen molar-refractivity contribution in [3.05, 3.63) is 104 Å². The van der Waals surface area contributed by atoms with E-state index in [2.05, 4.69) is 59.6 Å². The molecule has 0 unspecified atom stereocenters. The molecule has 4 aliphatic rings. The zero-order valence-electron chi connectivity index (χ0n) is 29.2. The molecule has 2 fully saturated rings. The quantitative estimate of drug-likeness (QED) is 0.149. The summed E-state index contributed by atoms with van der Waals surface area (Å²) >= 11 is 0. The lowest BCUT2D eigenvalue weighted by molar-refractivity contribution is 0.0932. The van der Waals surface area contributed by atoms with E-state index in [1.807, 2.05) is 36.4 Å². The molecule has 2 N–H and O–H groups in total. The molecule has 0 aromatic heterocycles. The fourth-order valence-electron chi connectivity index (χ4n) is 7.38. The fraction of sp³-hybridized carbons (Fsp3) is 0.436. The monoisotopic (exact) mass is 686 g/mol. The molecule has 0 saturated carbocycles. The van der Waals surface area contributed by atoms with Gasteiger partial charge in [-0.1, -0.05) is 35.8 Å². The molecule has 0 aliphatic carbocycles. The number of aliphatic imine (C=N–C) groups is 2. The van der Waals surface area contributed by atoms with Crippen molar-refractivity contribution in [1.29, 1.82) is 0 Å². The first-order chi connectivity index (χ1) is 25.0. The van der Waals surface area contributed by atoms with Crippen molar-refractivity contribution in [1.82, 2.24) is 25.3 Å². The van der Waals surface area contributed by atoms with Gasteiger partial charge in [-0.2, -0.15) is 0 Å². The number of carbonyl (C=O) groups is 2. The van der Waals surface area contributed by atoms with Crippen LogP contribution in [0.4, 0.5) is 11.4 Å². The van der Waals surface area contributed by atoms with E-state index in [0.717, 1.165) is 104 Å². The van der Waals surface area contributed by atoms with E-state index < -0.39 is 0 Å². The minimum atomic E-state index is -0.0671.